The van der Waals surface area contributed by atoms with E-state index in [9.17, 15) is 9.90 Å². The van der Waals surface area contributed by atoms with Gasteiger partial charge in [0.25, 0.3) is 5.91 Å². The topological polar surface area (TPSA) is 93.6 Å². The van der Waals surface area contributed by atoms with Gasteiger partial charge in [0, 0.05) is 23.2 Å². The van der Waals surface area contributed by atoms with Crippen molar-refractivity contribution < 1.29 is 19.4 Å². The Morgan fingerprint density at radius 3 is 2.75 bits per heavy atom. The number of methoxy groups -OCH3 is 1. The number of carbonyl (C=O) groups is 1. The smallest absolute Gasteiger partial charge is 0.257 e. The molecule has 1 aromatic heterocycles. The summed E-state index contributed by atoms with van der Waals surface area (Å²) in [6.45, 7) is 2.22. The Kier molecular flexibility index (Phi) is 6.73. The van der Waals surface area contributed by atoms with Gasteiger partial charge < -0.3 is 19.9 Å². The molecule has 0 bridgehead atoms. The van der Waals surface area contributed by atoms with Crippen LogP contribution >= 0.6 is 22.6 Å². The number of benzene rings is 1. The molecule has 0 spiro atoms. The van der Waals surface area contributed by atoms with E-state index in [2.05, 4.69) is 37.9 Å². The summed E-state index contributed by atoms with van der Waals surface area (Å²) in [4.78, 5) is 20.4. The molecule has 0 saturated carbocycles. The summed E-state index contributed by atoms with van der Waals surface area (Å²) in [7, 11) is 1.59. The molecule has 2 N–H and O–H groups in total. The normalized spacial score (nSPS) is 11.8. The first-order valence-electron chi connectivity index (χ1n) is 7.17. The maximum atomic E-state index is 12.3. The minimum absolute atomic E-state index is 0.0581. The molecule has 0 aliphatic heterocycles. The quantitative estimate of drug-likeness (QED) is 0.505. The number of ether oxygens (including phenoxy) is 2. The zero-order chi connectivity index (χ0) is 17.5. The number of hydrogen-bond acceptors (Lipinski definition) is 6. The van der Waals surface area contributed by atoms with Gasteiger partial charge in [-0.2, -0.15) is 0 Å². The summed E-state index contributed by atoms with van der Waals surface area (Å²) in [5.74, 6) is 0.263. The highest BCUT2D eigenvalue weighted by atomic mass is 127. The van der Waals surface area contributed by atoms with E-state index in [0.29, 0.717) is 22.6 Å². The van der Waals surface area contributed by atoms with Gasteiger partial charge in [-0.25, -0.2) is 4.98 Å². The number of nitrogens with one attached hydrogen (secondary N) is 1. The average Bonchev–Trinajstić information content (AvgIpc) is 2.56. The number of alkyl halides is 1. The highest BCUT2D eigenvalue weighted by Crippen LogP contribution is 2.24. The predicted molar refractivity (Wildman–Crippen MR) is 98.0 cm³/mol. The second kappa shape index (κ2) is 8.78. The van der Waals surface area contributed by atoms with Crippen molar-refractivity contribution in [3.8, 4) is 11.5 Å². The number of phenolic OH excluding ortho intramolecular Hbond substituents is 1. The fourth-order valence-corrected chi connectivity index (χ4v) is 2.35. The molecule has 0 aliphatic rings. The molecular formula is C16H18IN3O4. The van der Waals surface area contributed by atoms with Gasteiger partial charge in [-0.15, -0.1) is 0 Å². The lowest BCUT2D eigenvalue weighted by Gasteiger charge is -2.16. The van der Waals surface area contributed by atoms with Gasteiger partial charge in [0.1, 0.15) is 17.6 Å². The number of phenols is 1. The van der Waals surface area contributed by atoms with Gasteiger partial charge >= 0.3 is 0 Å². The Morgan fingerprint density at radius 1 is 1.33 bits per heavy atom. The number of aromatic hydroxyl groups is 1. The van der Waals surface area contributed by atoms with Crippen LogP contribution in [-0.4, -0.2) is 45.2 Å². The van der Waals surface area contributed by atoms with Gasteiger partial charge in [-0.05, 0) is 19.1 Å². The van der Waals surface area contributed by atoms with Crippen LogP contribution in [0.25, 0.3) is 0 Å². The second-order valence-electron chi connectivity index (χ2n) is 5.06. The van der Waals surface area contributed by atoms with Crippen molar-refractivity contribution in [2.75, 3.05) is 23.5 Å². The third-order valence-electron chi connectivity index (χ3n) is 3.00. The molecule has 7 nitrogen and oxygen atoms in total. The summed E-state index contributed by atoms with van der Waals surface area (Å²) in [6, 6.07) is 4.38. The Balaban J connectivity index is 2.14. The lowest BCUT2D eigenvalue weighted by Crippen LogP contribution is -2.24. The highest BCUT2D eigenvalue weighted by molar-refractivity contribution is 14.1. The van der Waals surface area contributed by atoms with E-state index < -0.39 is 5.91 Å². The first-order valence-corrected chi connectivity index (χ1v) is 8.70. The van der Waals surface area contributed by atoms with E-state index in [1.165, 1.54) is 18.3 Å². The van der Waals surface area contributed by atoms with E-state index in [4.69, 9.17) is 9.47 Å². The van der Waals surface area contributed by atoms with Crippen molar-refractivity contribution in [3.05, 3.63) is 41.9 Å². The third kappa shape index (κ3) is 5.31. The molecule has 0 radical (unpaired) electrons. The van der Waals surface area contributed by atoms with Crippen LogP contribution in [0, 0.1) is 6.92 Å². The molecule has 1 aromatic carbocycles. The number of aromatic nitrogens is 2. The number of aryl methyl sites for hydroxylation is 1. The zero-order valence-corrected chi connectivity index (χ0v) is 15.5. The van der Waals surface area contributed by atoms with Crippen molar-refractivity contribution in [1.82, 2.24) is 9.97 Å². The Hall–Kier alpha value is -1.94. The number of hydrogen-bond donors (Lipinski definition) is 2. The molecule has 8 heteroatoms. The van der Waals surface area contributed by atoms with Crippen LogP contribution in [0.4, 0.5) is 5.82 Å². The van der Waals surface area contributed by atoms with Gasteiger partial charge in [0.05, 0.1) is 24.7 Å². The summed E-state index contributed by atoms with van der Waals surface area (Å²) < 4.78 is 11.5. The fourth-order valence-electron chi connectivity index (χ4n) is 1.92. The molecular weight excluding hydrogens is 425 g/mol. The van der Waals surface area contributed by atoms with Crippen molar-refractivity contribution in [1.29, 1.82) is 0 Å². The minimum atomic E-state index is -0.410. The zero-order valence-electron chi connectivity index (χ0n) is 13.3. The highest BCUT2D eigenvalue weighted by Gasteiger charge is 2.14. The van der Waals surface area contributed by atoms with E-state index >= 15 is 0 Å². The van der Waals surface area contributed by atoms with Gasteiger partial charge in [0.2, 0.25) is 0 Å². The van der Waals surface area contributed by atoms with Crippen LogP contribution in [0.3, 0.4) is 0 Å². The Bertz CT molecular complexity index is 694. The molecule has 1 heterocycles. The first kappa shape index (κ1) is 18.4. The van der Waals surface area contributed by atoms with E-state index in [1.807, 2.05) is 0 Å². The van der Waals surface area contributed by atoms with Gasteiger partial charge in [-0.3, -0.25) is 9.78 Å². The van der Waals surface area contributed by atoms with E-state index in [1.54, 1.807) is 26.3 Å². The van der Waals surface area contributed by atoms with Crippen LogP contribution in [-0.2, 0) is 4.74 Å². The molecule has 0 fully saturated rings. The molecule has 2 aromatic rings. The molecule has 0 aliphatic carbocycles. The summed E-state index contributed by atoms with van der Waals surface area (Å²) in [5, 5.41) is 12.5. The Labute approximate surface area is 153 Å². The van der Waals surface area contributed by atoms with Crippen molar-refractivity contribution in [2.45, 2.75) is 13.0 Å². The molecule has 0 saturated heterocycles. The minimum Gasteiger partial charge on any atom is -0.508 e. The lowest BCUT2D eigenvalue weighted by atomic mass is 10.2. The monoisotopic (exact) mass is 443 g/mol. The second-order valence-corrected chi connectivity index (χ2v) is 5.94. The predicted octanol–water partition coefficient (Wildman–Crippen LogP) is 2.57. The first-order chi connectivity index (χ1) is 11.5. The summed E-state index contributed by atoms with van der Waals surface area (Å²) >= 11 is 2.19. The molecule has 128 valence electrons. The standard InChI is InChI=1S/C16H18IN3O4/c1-10-7-19-15(8-18-10)20-16(22)11-3-12(21)5-13(4-11)24-14(6-17)9-23-2/h3-5,7-8,14,21H,6,9H2,1-2H3,(H,19,20,22)/t14-/m1/s1. The van der Waals surface area contributed by atoms with E-state index in [-0.39, 0.29) is 17.4 Å². The number of amides is 1. The number of anilines is 1. The molecule has 24 heavy (non-hydrogen) atoms. The number of rotatable bonds is 7. The average molecular weight is 443 g/mol. The SMILES string of the molecule is COC[C@@H](CI)Oc1cc(O)cc(C(=O)Nc2cnc(C)cn2)c1. The van der Waals surface area contributed by atoms with Crippen molar-refractivity contribution in [2.24, 2.45) is 0 Å². The van der Waals surface area contributed by atoms with Crippen LogP contribution in [0.5, 0.6) is 11.5 Å². The summed E-state index contributed by atoms with van der Waals surface area (Å²) in [6.07, 6.45) is 2.86. The van der Waals surface area contributed by atoms with Crippen molar-refractivity contribution in [3.63, 3.8) is 0 Å². The molecule has 0 unspecified atom stereocenters. The molecule has 1 atom stereocenters. The lowest BCUT2D eigenvalue weighted by molar-refractivity contribution is 0.0956. The fraction of sp³-hybridized carbons (Fsp3) is 0.312. The van der Waals surface area contributed by atoms with Crippen LogP contribution < -0.4 is 10.1 Å². The van der Waals surface area contributed by atoms with Gasteiger partial charge in [0.15, 0.2) is 5.82 Å². The Morgan fingerprint density at radius 2 is 2.12 bits per heavy atom. The number of nitrogens with zero attached hydrogens (tertiary/aromatic N) is 2. The summed E-state index contributed by atoms with van der Waals surface area (Å²) in [5.41, 5.74) is 1.01. The van der Waals surface area contributed by atoms with E-state index in [0.717, 1.165) is 5.69 Å². The van der Waals surface area contributed by atoms with Gasteiger partial charge in [-0.1, -0.05) is 22.6 Å². The number of carbonyl (C=O) groups excluding carboxylic acids is 1. The third-order valence-corrected chi connectivity index (χ3v) is 3.99. The van der Waals surface area contributed by atoms with Crippen LogP contribution in [0.15, 0.2) is 30.6 Å². The molecule has 2 rings (SSSR count). The van der Waals surface area contributed by atoms with Crippen LogP contribution in [0.1, 0.15) is 16.1 Å². The number of halogens is 1. The largest absolute Gasteiger partial charge is 0.508 e. The molecule has 1 amide bonds. The maximum Gasteiger partial charge on any atom is 0.257 e. The maximum absolute atomic E-state index is 12.3. The van der Waals surface area contributed by atoms with Crippen molar-refractivity contribution >= 4 is 34.3 Å². The van der Waals surface area contributed by atoms with Crippen LogP contribution in [0.2, 0.25) is 0 Å².